The van der Waals surface area contributed by atoms with E-state index in [1.807, 2.05) is 50.4 Å². The molecule has 0 saturated heterocycles. The van der Waals surface area contributed by atoms with Gasteiger partial charge in [-0.1, -0.05) is 42.5 Å². The van der Waals surface area contributed by atoms with Gasteiger partial charge in [-0.2, -0.15) is 5.10 Å². The minimum absolute atomic E-state index is 0.278. The van der Waals surface area contributed by atoms with Gasteiger partial charge in [0.2, 0.25) is 5.88 Å². The minimum atomic E-state index is -0.407. The third-order valence-electron chi connectivity index (χ3n) is 4.93. The number of rotatable bonds is 8. The second-order valence-corrected chi connectivity index (χ2v) is 7.91. The maximum absolute atomic E-state index is 9.98. The van der Waals surface area contributed by atoms with Crippen LogP contribution in [-0.4, -0.2) is 38.5 Å². The van der Waals surface area contributed by atoms with E-state index in [2.05, 4.69) is 43.9 Å². The Morgan fingerprint density at radius 1 is 1.07 bits per heavy atom. The van der Waals surface area contributed by atoms with E-state index in [0.29, 0.717) is 13.1 Å². The van der Waals surface area contributed by atoms with Crippen LogP contribution in [0.4, 0.5) is 0 Å². The van der Waals surface area contributed by atoms with E-state index in [9.17, 15) is 5.11 Å². The van der Waals surface area contributed by atoms with Crippen molar-refractivity contribution in [3.63, 3.8) is 0 Å². The normalized spacial score (nSPS) is 12.6. The summed E-state index contributed by atoms with van der Waals surface area (Å²) < 4.78 is 8.13. The lowest BCUT2D eigenvalue weighted by atomic mass is 10.1. The molecule has 29 heavy (non-hydrogen) atoms. The third-order valence-corrected chi connectivity index (χ3v) is 4.93. The Morgan fingerprint density at radius 2 is 1.79 bits per heavy atom. The number of benzene rings is 2. The minimum Gasteiger partial charge on any atom is -0.439 e. The van der Waals surface area contributed by atoms with Crippen molar-refractivity contribution >= 4 is 0 Å². The van der Waals surface area contributed by atoms with Gasteiger partial charge in [-0.15, -0.1) is 0 Å². The van der Waals surface area contributed by atoms with Gasteiger partial charge in [-0.3, -0.25) is 4.90 Å². The fourth-order valence-electron chi connectivity index (χ4n) is 3.44. The molecule has 1 aromatic heterocycles. The molecule has 0 aliphatic carbocycles. The van der Waals surface area contributed by atoms with Crippen LogP contribution in [0.2, 0.25) is 0 Å². The van der Waals surface area contributed by atoms with Crippen LogP contribution in [0.5, 0.6) is 11.6 Å². The summed E-state index contributed by atoms with van der Waals surface area (Å²) in [4.78, 5) is 2.25. The molecule has 1 N–H and O–H groups in total. The van der Waals surface area contributed by atoms with Crippen LogP contribution in [0.1, 0.15) is 31.9 Å². The maximum atomic E-state index is 9.98. The van der Waals surface area contributed by atoms with E-state index in [1.54, 1.807) is 4.68 Å². The predicted molar refractivity (Wildman–Crippen MR) is 117 cm³/mol. The lowest BCUT2D eigenvalue weighted by Crippen LogP contribution is -2.36. The Hall–Kier alpha value is -2.63. The maximum Gasteiger partial charge on any atom is 0.222 e. The first-order valence-electron chi connectivity index (χ1n) is 10.1. The number of aromatic nitrogens is 2. The smallest absolute Gasteiger partial charge is 0.222 e. The first-order chi connectivity index (χ1) is 13.8. The number of nitrogens with zero attached hydrogens (tertiary/aromatic N) is 3. The summed E-state index contributed by atoms with van der Waals surface area (Å²) in [6.45, 7) is 9.38. The highest BCUT2D eigenvalue weighted by atomic mass is 16.5. The Labute approximate surface area is 173 Å². The summed E-state index contributed by atoms with van der Waals surface area (Å²) in [5, 5.41) is 14.8. The van der Waals surface area contributed by atoms with Crippen molar-refractivity contribution in [1.29, 1.82) is 0 Å². The summed E-state index contributed by atoms with van der Waals surface area (Å²) >= 11 is 0. The number of ether oxygens (including phenoxy) is 1. The number of aliphatic hydroxyl groups excluding tert-OH is 1. The van der Waals surface area contributed by atoms with Crippen molar-refractivity contribution in [3.8, 4) is 22.9 Å². The number of aryl methyl sites for hydroxylation is 2. The molecule has 0 spiro atoms. The average molecular weight is 394 g/mol. The zero-order valence-electron chi connectivity index (χ0n) is 18.0. The van der Waals surface area contributed by atoms with Gasteiger partial charge < -0.3 is 9.84 Å². The molecule has 154 valence electrons. The van der Waals surface area contributed by atoms with Crippen molar-refractivity contribution in [2.24, 2.45) is 7.05 Å². The van der Waals surface area contributed by atoms with Gasteiger partial charge in [-0.05, 0) is 45.4 Å². The molecule has 0 radical (unpaired) electrons. The molecule has 0 aliphatic heterocycles. The molecule has 0 saturated carbocycles. The highest BCUT2D eigenvalue weighted by Gasteiger charge is 2.24. The number of hydrogen-bond donors (Lipinski definition) is 1. The summed E-state index contributed by atoms with van der Waals surface area (Å²) in [6, 6.07) is 18.5. The first-order valence-corrected chi connectivity index (χ1v) is 10.1. The summed E-state index contributed by atoms with van der Waals surface area (Å²) in [5.74, 6) is 1.52. The molecule has 2 aromatic carbocycles. The Bertz CT molecular complexity index is 933. The first kappa shape index (κ1) is 21.1. The van der Waals surface area contributed by atoms with Crippen LogP contribution < -0.4 is 4.74 Å². The quantitative estimate of drug-likeness (QED) is 0.598. The van der Waals surface area contributed by atoms with E-state index in [4.69, 9.17) is 9.84 Å². The summed E-state index contributed by atoms with van der Waals surface area (Å²) in [7, 11) is 1.91. The SMILES string of the molecule is Cc1cccc(Oc2c(CN(C[C@@H](C)O)C(C)C)c(-c3ccccc3)nn2C)c1. The molecule has 3 rings (SSSR count). The van der Waals surface area contributed by atoms with Gasteiger partial charge >= 0.3 is 0 Å². The predicted octanol–water partition coefficient (Wildman–Crippen LogP) is 4.78. The van der Waals surface area contributed by atoms with E-state index in [-0.39, 0.29) is 6.04 Å². The van der Waals surface area contributed by atoms with Crippen LogP contribution in [0.3, 0.4) is 0 Å². The van der Waals surface area contributed by atoms with Crippen LogP contribution in [0, 0.1) is 6.92 Å². The number of aliphatic hydroxyl groups is 1. The van der Waals surface area contributed by atoms with Gasteiger partial charge in [0.25, 0.3) is 0 Å². The van der Waals surface area contributed by atoms with Crippen LogP contribution in [0.25, 0.3) is 11.3 Å². The zero-order valence-corrected chi connectivity index (χ0v) is 18.0. The number of hydrogen-bond acceptors (Lipinski definition) is 4. The van der Waals surface area contributed by atoms with Crippen LogP contribution in [-0.2, 0) is 13.6 Å². The van der Waals surface area contributed by atoms with E-state index in [0.717, 1.165) is 34.0 Å². The molecule has 0 amide bonds. The largest absolute Gasteiger partial charge is 0.439 e. The lowest BCUT2D eigenvalue weighted by molar-refractivity contribution is 0.102. The standard InChI is InChI=1S/C24H31N3O2/c1-17(2)27(15-19(4)28)16-22-23(20-11-7-6-8-12-20)25-26(5)24(22)29-21-13-9-10-18(3)14-21/h6-14,17,19,28H,15-16H2,1-5H3/t19-/m1/s1. The molecule has 5 heteroatoms. The van der Waals surface area contributed by atoms with Crippen molar-refractivity contribution < 1.29 is 9.84 Å². The molecule has 0 fully saturated rings. The second kappa shape index (κ2) is 9.25. The van der Waals surface area contributed by atoms with Crippen molar-refractivity contribution in [2.75, 3.05) is 6.54 Å². The highest BCUT2D eigenvalue weighted by molar-refractivity contribution is 5.65. The van der Waals surface area contributed by atoms with Gasteiger partial charge in [0.05, 0.1) is 11.7 Å². The highest BCUT2D eigenvalue weighted by Crippen LogP contribution is 2.34. The average Bonchev–Trinajstić information content (AvgIpc) is 2.97. The van der Waals surface area contributed by atoms with E-state index >= 15 is 0 Å². The summed E-state index contributed by atoms with van der Waals surface area (Å²) in [6.07, 6.45) is -0.407. The van der Waals surface area contributed by atoms with Crippen LogP contribution in [0.15, 0.2) is 54.6 Å². The van der Waals surface area contributed by atoms with E-state index in [1.165, 1.54) is 0 Å². The monoisotopic (exact) mass is 393 g/mol. The van der Waals surface area contributed by atoms with Gasteiger partial charge in [-0.25, -0.2) is 4.68 Å². The van der Waals surface area contributed by atoms with Crippen LogP contribution >= 0.6 is 0 Å². The third kappa shape index (κ3) is 5.25. The Kier molecular flexibility index (Phi) is 6.72. The zero-order chi connectivity index (χ0) is 21.0. The molecular weight excluding hydrogens is 362 g/mol. The fourth-order valence-corrected chi connectivity index (χ4v) is 3.44. The molecular formula is C24H31N3O2. The van der Waals surface area contributed by atoms with Gasteiger partial charge in [0.15, 0.2) is 0 Å². The fraction of sp³-hybridized carbons (Fsp3) is 0.375. The van der Waals surface area contributed by atoms with Gasteiger partial charge in [0, 0.05) is 31.7 Å². The summed E-state index contributed by atoms with van der Waals surface area (Å²) in [5.41, 5.74) is 4.13. The second-order valence-electron chi connectivity index (χ2n) is 7.91. The molecule has 0 unspecified atom stereocenters. The molecule has 0 bridgehead atoms. The molecule has 1 atom stereocenters. The topological polar surface area (TPSA) is 50.5 Å². The molecule has 5 nitrogen and oxygen atoms in total. The van der Waals surface area contributed by atoms with Crippen molar-refractivity contribution in [2.45, 2.75) is 46.4 Å². The molecule has 3 aromatic rings. The Balaban J connectivity index is 2.06. The Morgan fingerprint density at radius 3 is 2.41 bits per heavy atom. The molecule has 0 aliphatic rings. The molecule has 1 heterocycles. The van der Waals surface area contributed by atoms with E-state index < -0.39 is 6.10 Å². The lowest BCUT2D eigenvalue weighted by Gasteiger charge is -2.28. The van der Waals surface area contributed by atoms with Crippen molar-refractivity contribution in [1.82, 2.24) is 14.7 Å². The van der Waals surface area contributed by atoms with Gasteiger partial charge in [0.1, 0.15) is 11.4 Å². The van der Waals surface area contributed by atoms with Crippen molar-refractivity contribution in [3.05, 3.63) is 65.7 Å².